The molecule has 4 rings (SSSR count). The molecule has 4 aromatic rings. The summed E-state index contributed by atoms with van der Waals surface area (Å²) in [7, 11) is 3.05. The molecule has 0 fully saturated rings. The van der Waals surface area contributed by atoms with Gasteiger partial charge in [0.15, 0.2) is 0 Å². The molecular weight excluding hydrogens is 451 g/mol. The van der Waals surface area contributed by atoms with E-state index in [0.29, 0.717) is 28.4 Å². The smallest absolute Gasteiger partial charge is 0.416 e. The van der Waals surface area contributed by atoms with E-state index in [1.165, 1.54) is 11.9 Å². The van der Waals surface area contributed by atoms with Gasteiger partial charge in [0.25, 0.3) is 5.91 Å². The van der Waals surface area contributed by atoms with Crippen LogP contribution in [-0.4, -0.2) is 40.3 Å². The Bertz CT molecular complexity index is 1300. The van der Waals surface area contributed by atoms with Gasteiger partial charge in [0.05, 0.1) is 36.7 Å². The van der Waals surface area contributed by atoms with Crippen molar-refractivity contribution in [3.05, 3.63) is 77.9 Å². The maximum Gasteiger partial charge on any atom is 0.416 e. The predicted octanol–water partition coefficient (Wildman–Crippen LogP) is 4.62. The van der Waals surface area contributed by atoms with Crippen LogP contribution in [0.4, 0.5) is 18.9 Å². The van der Waals surface area contributed by atoms with E-state index in [4.69, 9.17) is 9.47 Å². The van der Waals surface area contributed by atoms with Crippen molar-refractivity contribution in [1.82, 2.24) is 20.2 Å². The lowest BCUT2D eigenvalue weighted by molar-refractivity contribution is -0.137. The fourth-order valence-electron chi connectivity index (χ4n) is 3.10. The number of aromatic nitrogens is 4. The Kier molecular flexibility index (Phi) is 6.17. The number of carbonyl (C=O) groups excluding carboxylic acids is 1. The molecule has 0 radical (unpaired) electrons. The SMILES string of the molecule is COc1ccc(-n2nnc(-c3cc(OC)ccc3NC(=O)c3ccc(C(F)(F)F)cc3)n2)cc1. The Morgan fingerprint density at radius 1 is 0.912 bits per heavy atom. The van der Waals surface area contributed by atoms with Gasteiger partial charge in [-0.1, -0.05) is 0 Å². The van der Waals surface area contributed by atoms with Gasteiger partial charge >= 0.3 is 6.18 Å². The fraction of sp³-hybridized carbons (Fsp3) is 0.130. The molecule has 0 aliphatic carbocycles. The van der Waals surface area contributed by atoms with Crippen LogP contribution in [0.25, 0.3) is 17.1 Å². The van der Waals surface area contributed by atoms with Gasteiger partial charge in [0.1, 0.15) is 11.5 Å². The lowest BCUT2D eigenvalue weighted by atomic mass is 10.1. The van der Waals surface area contributed by atoms with Gasteiger partial charge < -0.3 is 14.8 Å². The Labute approximate surface area is 191 Å². The Morgan fingerprint density at radius 2 is 1.56 bits per heavy atom. The highest BCUT2D eigenvalue weighted by Gasteiger charge is 2.30. The molecule has 0 aliphatic rings. The molecule has 1 aromatic heterocycles. The molecule has 8 nitrogen and oxygen atoms in total. The number of hydrogen-bond acceptors (Lipinski definition) is 6. The largest absolute Gasteiger partial charge is 0.497 e. The van der Waals surface area contributed by atoms with Crippen molar-refractivity contribution in [2.24, 2.45) is 0 Å². The number of nitrogens with zero attached hydrogens (tertiary/aromatic N) is 4. The second-order valence-electron chi connectivity index (χ2n) is 7.04. The van der Waals surface area contributed by atoms with Crippen molar-refractivity contribution < 1.29 is 27.4 Å². The van der Waals surface area contributed by atoms with Crippen LogP contribution in [0.3, 0.4) is 0 Å². The summed E-state index contributed by atoms with van der Waals surface area (Å²) in [5.41, 5.74) is 0.607. The molecule has 0 saturated heterocycles. The quantitative estimate of drug-likeness (QED) is 0.443. The van der Waals surface area contributed by atoms with Crippen LogP contribution < -0.4 is 14.8 Å². The third-order valence-electron chi connectivity index (χ3n) is 4.91. The molecule has 11 heteroatoms. The second kappa shape index (κ2) is 9.22. The van der Waals surface area contributed by atoms with E-state index in [0.717, 1.165) is 24.3 Å². The highest BCUT2D eigenvalue weighted by atomic mass is 19.4. The molecule has 1 amide bonds. The van der Waals surface area contributed by atoms with Crippen LogP contribution in [0, 0.1) is 0 Å². The van der Waals surface area contributed by atoms with E-state index in [1.807, 2.05) is 0 Å². The molecule has 0 saturated carbocycles. The maximum absolute atomic E-state index is 12.8. The Hall–Kier alpha value is -4.41. The third kappa shape index (κ3) is 4.82. The average Bonchev–Trinajstić information content (AvgIpc) is 3.34. The molecule has 34 heavy (non-hydrogen) atoms. The van der Waals surface area contributed by atoms with Gasteiger partial charge in [-0.3, -0.25) is 4.79 Å². The van der Waals surface area contributed by atoms with Crippen LogP contribution in [0.15, 0.2) is 66.7 Å². The van der Waals surface area contributed by atoms with E-state index in [1.54, 1.807) is 49.6 Å². The molecule has 0 unspecified atom stereocenters. The monoisotopic (exact) mass is 469 g/mol. The predicted molar refractivity (Wildman–Crippen MR) is 117 cm³/mol. The summed E-state index contributed by atoms with van der Waals surface area (Å²) in [5, 5.41) is 15.2. The number of methoxy groups -OCH3 is 2. The zero-order valence-electron chi connectivity index (χ0n) is 18.0. The first kappa shape index (κ1) is 22.8. The van der Waals surface area contributed by atoms with Crippen molar-refractivity contribution >= 4 is 11.6 Å². The molecule has 0 bridgehead atoms. The van der Waals surface area contributed by atoms with Crippen LogP contribution in [0.2, 0.25) is 0 Å². The molecule has 1 N–H and O–H groups in total. The fourth-order valence-corrected chi connectivity index (χ4v) is 3.10. The van der Waals surface area contributed by atoms with Crippen molar-refractivity contribution in [2.45, 2.75) is 6.18 Å². The van der Waals surface area contributed by atoms with Crippen molar-refractivity contribution in [3.63, 3.8) is 0 Å². The van der Waals surface area contributed by atoms with Gasteiger partial charge in [0, 0.05) is 5.56 Å². The number of anilines is 1. The van der Waals surface area contributed by atoms with E-state index < -0.39 is 17.6 Å². The zero-order chi connectivity index (χ0) is 24.3. The topological polar surface area (TPSA) is 91.2 Å². The van der Waals surface area contributed by atoms with Crippen molar-refractivity contribution in [2.75, 3.05) is 19.5 Å². The van der Waals surface area contributed by atoms with Gasteiger partial charge in [-0.2, -0.15) is 13.2 Å². The number of benzene rings is 3. The summed E-state index contributed by atoms with van der Waals surface area (Å²) in [5.74, 6) is 0.772. The number of ether oxygens (including phenoxy) is 2. The van der Waals surface area contributed by atoms with Crippen LogP contribution >= 0.6 is 0 Å². The average molecular weight is 469 g/mol. The summed E-state index contributed by atoms with van der Waals surface area (Å²) in [4.78, 5) is 14.0. The summed E-state index contributed by atoms with van der Waals surface area (Å²) >= 11 is 0. The van der Waals surface area contributed by atoms with Gasteiger partial charge in [-0.25, -0.2) is 0 Å². The standard InChI is InChI=1S/C23H18F3N5O3/c1-33-17-9-7-16(8-10-17)31-29-21(28-30-31)19-13-18(34-2)11-12-20(19)27-22(32)14-3-5-15(6-4-14)23(24,25)26/h3-13H,1-2H3,(H,27,32). The first-order valence-corrected chi connectivity index (χ1v) is 9.90. The summed E-state index contributed by atoms with van der Waals surface area (Å²) < 4.78 is 48.8. The van der Waals surface area contributed by atoms with E-state index >= 15 is 0 Å². The lowest BCUT2D eigenvalue weighted by Gasteiger charge is -2.11. The zero-order valence-corrected chi connectivity index (χ0v) is 18.0. The maximum atomic E-state index is 12.8. The summed E-state index contributed by atoms with van der Waals surface area (Å²) in [6, 6.07) is 15.8. The number of carbonyl (C=O) groups is 1. The number of alkyl halides is 3. The minimum Gasteiger partial charge on any atom is -0.497 e. The number of hydrogen-bond donors (Lipinski definition) is 1. The molecular formula is C23H18F3N5O3. The highest BCUT2D eigenvalue weighted by molar-refractivity contribution is 6.06. The summed E-state index contributed by atoms with van der Waals surface area (Å²) in [6.07, 6.45) is -4.49. The van der Waals surface area contributed by atoms with Gasteiger partial charge in [0.2, 0.25) is 5.82 Å². The number of tetrazole rings is 1. The molecule has 0 atom stereocenters. The number of nitrogens with one attached hydrogen (secondary N) is 1. The van der Waals surface area contributed by atoms with Crippen LogP contribution in [0.5, 0.6) is 11.5 Å². The number of halogens is 3. The van der Waals surface area contributed by atoms with E-state index in [-0.39, 0.29) is 11.4 Å². The van der Waals surface area contributed by atoms with Crippen LogP contribution in [0.1, 0.15) is 15.9 Å². The van der Waals surface area contributed by atoms with Crippen molar-refractivity contribution in [1.29, 1.82) is 0 Å². The first-order chi connectivity index (χ1) is 16.3. The summed E-state index contributed by atoms with van der Waals surface area (Å²) in [6.45, 7) is 0. The molecule has 174 valence electrons. The normalized spacial score (nSPS) is 11.2. The number of rotatable bonds is 6. The van der Waals surface area contributed by atoms with Crippen molar-refractivity contribution in [3.8, 4) is 28.6 Å². The Balaban J connectivity index is 1.63. The minimum atomic E-state index is -4.49. The minimum absolute atomic E-state index is 0.0598. The second-order valence-corrected chi connectivity index (χ2v) is 7.04. The van der Waals surface area contributed by atoms with E-state index in [9.17, 15) is 18.0 Å². The first-order valence-electron chi connectivity index (χ1n) is 9.90. The van der Waals surface area contributed by atoms with E-state index in [2.05, 4.69) is 20.7 Å². The van der Waals surface area contributed by atoms with Gasteiger partial charge in [-0.05, 0) is 71.9 Å². The molecule has 0 spiro atoms. The Morgan fingerprint density at radius 3 is 2.18 bits per heavy atom. The lowest BCUT2D eigenvalue weighted by Crippen LogP contribution is -2.13. The number of amides is 1. The van der Waals surface area contributed by atoms with Gasteiger partial charge in [-0.15, -0.1) is 15.0 Å². The molecule has 0 aliphatic heterocycles. The molecule has 3 aromatic carbocycles. The van der Waals surface area contributed by atoms with Crippen LogP contribution in [-0.2, 0) is 6.18 Å². The molecule has 1 heterocycles. The third-order valence-corrected chi connectivity index (χ3v) is 4.91. The highest BCUT2D eigenvalue weighted by Crippen LogP contribution is 2.31.